The summed E-state index contributed by atoms with van der Waals surface area (Å²) in [6, 6.07) is 4.01. The van der Waals surface area contributed by atoms with Gasteiger partial charge in [-0.15, -0.1) is 0 Å². The molecular weight excluding hydrogens is 471 g/mol. The average molecular weight is 490 g/mol. The summed E-state index contributed by atoms with van der Waals surface area (Å²) < 4.78 is 84.6. The van der Waals surface area contributed by atoms with Crippen molar-refractivity contribution < 1.29 is 49.6 Å². The SMILES string of the molecule is CCC(=O)O[Si](OC(=O)CC)(OC(=O)CC)c1ccc(-c2c(F)c(F)c(F)c(F)c2F)cc1. The van der Waals surface area contributed by atoms with Gasteiger partial charge in [-0.3, -0.25) is 14.4 Å². The van der Waals surface area contributed by atoms with Gasteiger partial charge < -0.3 is 13.3 Å². The largest absolute Gasteiger partial charge is 0.742 e. The molecule has 0 aromatic heterocycles. The quantitative estimate of drug-likeness (QED) is 0.240. The molecule has 0 saturated heterocycles. The molecule has 0 radical (unpaired) electrons. The van der Waals surface area contributed by atoms with Gasteiger partial charge >= 0.3 is 8.80 Å². The maximum atomic E-state index is 14.2. The van der Waals surface area contributed by atoms with Crippen LogP contribution in [-0.4, -0.2) is 26.7 Å². The Morgan fingerprint density at radius 1 is 0.636 bits per heavy atom. The first kappa shape index (κ1) is 26.0. The van der Waals surface area contributed by atoms with Crippen LogP contribution in [0.2, 0.25) is 0 Å². The van der Waals surface area contributed by atoms with E-state index < -0.39 is 66.9 Å². The van der Waals surface area contributed by atoms with E-state index in [9.17, 15) is 36.3 Å². The molecule has 0 unspecified atom stereocenters. The average Bonchev–Trinajstić information content (AvgIpc) is 2.81. The van der Waals surface area contributed by atoms with Gasteiger partial charge in [-0.1, -0.05) is 45.0 Å². The third-order valence-corrected chi connectivity index (χ3v) is 6.88. The monoisotopic (exact) mass is 490 g/mol. The van der Waals surface area contributed by atoms with Crippen molar-refractivity contribution >= 4 is 31.9 Å². The maximum Gasteiger partial charge on any atom is 0.742 e. The second-order valence-corrected chi connectivity index (χ2v) is 8.86. The Morgan fingerprint density at radius 2 is 0.970 bits per heavy atom. The number of benzene rings is 2. The van der Waals surface area contributed by atoms with Crippen LogP contribution >= 0.6 is 0 Å². The number of carbonyl (C=O) groups excluding carboxylic acids is 3. The molecule has 0 atom stereocenters. The predicted molar refractivity (Wildman–Crippen MR) is 106 cm³/mol. The summed E-state index contributed by atoms with van der Waals surface area (Å²) in [5.41, 5.74) is -1.60. The van der Waals surface area contributed by atoms with Crippen LogP contribution in [0.15, 0.2) is 24.3 Å². The van der Waals surface area contributed by atoms with E-state index in [0.29, 0.717) is 0 Å². The third-order valence-electron chi connectivity index (χ3n) is 4.35. The van der Waals surface area contributed by atoms with Crippen molar-refractivity contribution in [2.75, 3.05) is 0 Å². The van der Waals surface area contributed by atoms with Gasteiger partial charge in [-0.25, -0.2) is 22.0 Å². The molecule has 0 amide bonds. The molecule has 0 heterocycles. The molecule has 2 aromatic rings. The predicted octanol–water partition coefficient (Wildman–Crippen LogP) is 4.05. The summed E-state index contributed by atoms with van der Waals surface area (Å²) in [6.45, 7) is 4.32. The van der Waals surface area contributed by atoms with Gasteiger partial charge in [0, 0.05) is 19.3 Å². The van der Waals surface area contributed by atoms with Crippen LogP contribution in [0, 0.1) is 29.1 Å². The highest BCUT2D eigenvalue weighted by Crippen LogP contribution is 2.31. The summed E-state index contributed by atoms with van der Waals surface area (Å²) in [6.07, 6.45) is -0.486. The summed E-state index contributed by atoms with van der Waals surface area (Å²) in [5, 5.41) is -0.125. The van der Waals surface area contributed by atoms with Crippen LogP contribution in [0.1, 0.15) is 40.0 Å². The minimum Gasteiger partial charge on any atom is -0.452 e. The Labute approximate surface area is 186 Å². The van der Waals surface area contributed by atoms with Gasteiger partial charge in [-0.2, -0.15) is 0 Å². The first-order valence-corrected chi connectivity index (χ1v) is 11.5. The molecule has 33 heavy (non-hydrogen) atoms. The van der Waals surface area contributed by atoms with Gasteiger partial charge in [-0.05, 0) is 5.56 Å². The van der Waals surface area contributed by atoms with E-state index >= 15 is 0 Å². The molecular formula is C21H19F5O6Si. The van der Waals surface area contributed by atoms with E-state index in [1.165, 1.54) is 20.8 Å². The molecule has 0 aliphatic rings. The molecule has 0 aliphatic carbocycles. The molecule has 0 saturated carbocycles. The molecule has 2 rings (SSSR count). The van der Waals surface area contributed by atoms with Gasteiger partial charge in [0.25, 0.3) is 17.9 Å². The van der Waals surface area contributed by atoms with Gasteiger partial charge in [0.05, 0.1) is 10.8 Å². The van der Waals surface area contributed by atoms with Crippen molar-refractivity contribution in [3.8, 4) is 11.1 Å². The van der Waals surface area contributed by atoms with Crippen LogP contribution in [0.4, 0.5) is 22.0 Å². The van der Waals surface area contributed by atoms with Crippen LogP contribution in [0.25, 0.3) is 11.1 Å². The Morgan fingerprint density at radius 3 is 1.30 bits per heavy atom. The van der Waals surface area contributed by atoms with Crippen molar-refractivity contribution in [2.45, 2.75) is 40.0 Å². The topological polar surface area (TPSA) is 78.9 Å². The smallest absolute Gasteiger partial charge is 0.452 e. The Balaban J connectivity index is 2.66. The van der Waals surface area contributed by atoms with E-state index in [1.54, 1.807) is 0 Å². The summed E-state index contributed by atoms with van der Waals surface area (Å²) >= 11 is 0. The van der Waals surface area contributed by atoms with Crippen molar-refractivity contribution in [1.82, 2.24) is 0 Å². The van der Waals surface area contributed by atoms with Crippen LogP contribution in [0.5, 0.6) is 0 Å². The first-order chi connectivity index (χ1) is 15.5. The Kier molecular flexibility index (Phi) is 8.31. The van der Waals surface area contributed by atoms with Gasteiger partial charge in [0.15, 0.2) is 23.3 Å². The lowest BCUT2D eigenvalue weighted by Crippen LogP contribution is -2.59. The zero-order valence-corrected chi connectivity index (χ0v) is 18.8. The normalized spacial score (nSPS) is 11.2. The molecule has 0 fully saturated rings. The maximum absolute atomic E-state index is 14.2. The second-order valence-electron chi connectivity index (χ2n) is 6.56. The number of halogens is 5. The molecule has 0 spiro atoms. The molecule has 0 bridgehead atoms. The van der Waals surface area contributed by atoms with Crippen LogP contribution < -0.4 is 5.19 Å². The van der Waals surface area contributed by atoms with E-state index in [4.69, 9.17) is 13.3 Å². The highest BCUT2D eigenvalue weighted by molar-refractivity contribution is 6.79. The fourth-order valence-corrected chi connectivity index (χ4v) is 4.99. The Bertz CT molecular complexity index is 999. The van der Waals surface area contributed by atoms with Gasteiger partial charge in [0.1, 0.15) is 0 Å². The minimum absolute atomic E-state index is 0.125. The zero-order chi connectivity index (χ0) is 24.9. The second kappa shape index (κ2) is 10.6. The zero-order valence-electron chi connectivity index (χ0n) is 17.8. The molecule has 6 nitrogen and oxygen atoms in total. The summed E-state index contributed by atoms with van der Waals surface area (Å²) in [4.78, 5) is 36.1. The van der Waals surface area contributed by atoms with E-state index in [0.717, 1.165) is 24.3 Å². The summed E-state index contributed by atoms with van der Waals surface area (Å²) in [7, 11) is -4.55. The lowest BCUT2D eigenvalue weighted by atomic mass is 10.0. The van der Waals surface area contributed by atoms with Crippen molar-refractivity contribution in [1.29, 1.82) is 0 Å². The highest BCUT2D eigenvalue weighted by Gasteiger charge is 2.55. The van der Waals surface area contributed by atoms with Crippen molar-refractivity contribution in [2.24, 2.45) is 0 Å². The van der Waals surface area contributed by atoms with Gasteiger partial charge in [0.2, 0.25) is 5.82 Å². The lowest BCUT2D eigenvalue weighted by molar-refractivity contribution is -0.149. The number of rotatable bonds is 8. The van der Waals surface area contributed by atoms with Crippen LogP contribution in [0.3, 0.4) is 0 Å². The highest BCUT2D eigenvalue weighted by atomic mass is 28.4. The minimum atomic E-state index is -4.55. The number of hydrogen-bond donors (Lipinski definition) is 0. The molecule has 12 heteroatoms. The molecule has 178 valence electrons. The standard InChI is InChI=1S/C21H19F5O6Si/c1-4-13(27)30-33(31-14(28)5-2,32-15(29)6-3)12-9-7-11(8-10-12)16-17(22)19(24)21(26)20(25)18(16)23/h7-10H,4-6H2,1-3H3. The molecule has 2 aromatic carbocycles. The number of carbonyl (C=O) groups is 3. The fourth-order valence-electron chi connectivity index (χ4n) is 2.60. The van der Waals surface area contributed by atoms with Crippen molar-refractivity contribution in [3.63, 3.8) is 0 Å². The third kappa shape index (κ3) is 5.38. The fraction of sp³-hybridized carbons (Fsp3) is 0.286. The number of hydrogen-bond acceptors (Lipinski definition) is 6. The first-order valence-electron chi connectivity index (χ1n) is 9.79. The van der Waals surface area contributed by atoms with E-state index in [2.05, 4.69) is 0 Å². The van der Waals surface area contributed by atoms with Crippen molar-refractivity contribution in [3.05, 3.63) is 53.4 Å². The molecule has 0 aliphatic heterocycles. The summed E-state index contributed by atoms with van der Waals surface area (Å²) in [5.74, 6) is -13.2. The van der Waals surface area contributed by atoms with E-state index in [1.807, 2.05) is 0 Å². The Hall–Kier alpha value is -3.28. The molecule has 0 N–H and O–H groups in total. The lowest BCUT2D eigenvalue weighted by Gasteiger charge is -2.27. The van der Waals surface area contributed by atoms with Crippen LogP contribution in [-0.2, 0) is 27.7 Å². The van der Waals surface area contributed by atoms with E-state index in [-0.39, 0.29) is 24.4 Å².